The van der Waals surface area contributed by atoms with Gasteiger partial charge in [-0.25, -0.2) is 9.97 Å². The molecule has 1 aromatic carbocycles. The van der Waals surface area contributed by atoms with Gasteiger partial charge >= 0.3 is 0 Å². The maximum absolute atomic E-state index is 10.8. The summed E-state index contributed by atoms with van der Waals surface area (Å²) in [6, 6.07) is 9.85. The van der Waals surface area contributed by atoms with Gasteiger partial charge in [0.25, 0.3) is 0 Å². The Morgan fingerprint density at radius 3 is 2.71 bits per heavy atom. The van der Waals surface area contributed by atoms with Crippen molar-refractivity contribution < 1.29 is 19.5 Å². The van der Waals surface area contributed by atoms with E-state index in [0.29, 0.717) is 23.0 Å². The van der Waals surface area contributed by atoms with Crippen molar-refractivity contribution >= 4 is 28.6 Å². The van der Waals surface area contributed by atoms with Gasteiger partial charge in [0.1, 0.15) is 30.0 Å². The van der Waals surface area contributed by atoms with E-state index in [-0.39, 0.29) is 0 Å². The van der Waals surface area contributed by atoms with E-state index in [1.54, 1.807) is 16.3 Å². The van der Waals surface area contributed by atoms with Gasteiger partial charge in [-0.3, -0.25) is 0 Å². The number of anilines is 1. The molecule has 1 aliphatic rings. The van der Waals surface area contributed by atoms with Crippen LogP contribution in [0.4, 0.5) is 5.82 Å². The Labute approximate surface area is 200 Å². The molecule has 0 saturated carbocycles. The molecule has 0 aliphatic carbocycles. The van der Waals surface area contributed by atoms with Crippen molar-refractivity contribution in [2.45, 2.75) is 50.6 Å². The number of rotatable bonds is 7. The molecule has 5 rings (SSSR count). The number of nitrogens with two attached hydrogens (primary N) is 1. The van der Waals surface area contributed by atoms with Crippen molar-refractivity contribution in [3.63, 3.8) is 0 Å². The average Bonchev–Trinajstić information content (AvgIpc) is 3.50. The molecule has 3 aromatic heterocycles. The molecular weight excluding hydrogens is 454 g/mol. The van der Waals surface area contributed by atoms with E-state index in [9.17, 15) is 10.2 Å². The predicted octanol–water partition coefficient (Wildman–Crippen LogP) is 3.09. The van der Waals surface area contributed by atoms with E-state index in [2.05, 4.69) is 15.1 Å². The molecule has 9 nitrogen and oxygen atoms in total. The van der Waals surface area contributed by atoms with Gasteiger partial charge < -0.3 is 29.8 Å². The lowest BCUT2D eigenvalue weighted by molar-refractivity contribution is -0.0286. The first-order valence-corrected chi connectivity index (χ1v) is 12.3. The number of aromatic nitrogens is 4. The largest absolute Gasteiger partial charge is 0.387 e. The fourth-order valence-electron chi connectivity index (χ4n) is 4.40. The van der Waals surface area contributed by atoms with Gasteiger partial charge in [0.15, 0.2) is 12.0 Å². The van der Waals surface area contributed by atoms with Gasteiger partial charge in [-0.05, 0) is 18.9 Å². The van der Waals surface area contributed by atoms with Crippen LogP contribution in [0.3, 0.4) is 0 Å². The van der Waals surface area contributed by atoms with Gasteiger partial charge in [0, 0.05) is 28.8 Å². The van der Waals surface area contributed by atoms with Crippen molar-refractivity contribution in [2.24, 2.45) is 0 Å². The highest BCUT2D eigenvalue weighted by Gasteiger charge is 2.44. The Bertz CT molecular complexity index is 1290. The molecule has 4 atom stereocenters. The second-order valence-corrected chi connectivity index (χ2v) is 9.41. The molecule has 0 spiro atoms. The molecule has 4 aromatic rings. The third-order valence-corrected chi connectivity index (χ3v) is 7.32. The number of nitrogen functional groups attached to an aromatic ring is 1. The molecular formula is C24H27N5O4S. The maximum Gasteiger partial charge on any atom is 0.171 e. The molecule has 0 bridgehead atoms. The molecule has 1 fully saturated rings. The number of aryl methyl sites for hydroxylation is 2. The zero-order chi connectivity index (χ0) is 23.8. The minimum Gasteiger partial charge on any atom is -0.387 e. The average molecular weight is 482 g/mol. The fourth-order valence-corrected chi connectivity index (χ4v) is 5.57. The van der Waals surface area contributed by atoms with Crippen LogP contribution in [0.15, 0.2) is 47.4 Å². The Hall–Kier alpha value is -2.92. The van der Waals surface area contributed by atoms with Crippen molar-refractivity contribution in [3.05, 3.63) is 59.7 Å². The number of thioether (sulfide) groups is 1. The predicted molar refractivity (Wildman–Crippen MR) is 130 cm³/mol. The number of aliphatic hydroxyl groups excluding tert-OH is 2. The molecule has 4 heterocycles. The van der Waals surface area contributed by atoms with E-state index >= 15 is 0 Å². The molecule has 10 heteroatoms. The molecule has 0 unspecified atom stereocenters. The summed E-state index contributed by atoms with van der Waals surface area (Å²) in [7, 11) is 0. The van der Waals surface area contributed by atoms with Crippen molar-refractivity contribution in [2.75, 3.05) is 11.5 Å². The number of hydrogen-bond acceptors (Lipinski definition) is 9. The highest BCUT2D eigenvalue weighted by Crippen LogP contribution is 2.37. The van der Waals surface area contributed by atoms with Crippen LogP contribution in [0, 0.1) is 6.92 Å². The van der Waals surface area contributed by atoms with E-state index in [0.717, 1.165) is 40.0 Å². The number of ether oxygens (including phenoxy) is 1. The Morgan fingerprint density at radius 2 is 1.94 bits per heavy atom. The number of aliphatic hydroxyl groups is 2. The van der Waals surface area contributed by atoms with E-state index in [1.165, 1.54) is 6.33 Å². The standard InChI is InChI=1S/C24H27N5O4S/c1-3-14-9-29(23-18(14)22(25)26-12-27-23)24-20(31)19(30)17(32-24)11-34-10-16-13(2)28-33-21(16)15-7-5-4-6-8-15/h4-9,12,17,19-20,24,30-31H,3,10-11H2,1-2H3,(H2,25,26,27)/t17-,19-,20-,24-/m1/s1. The van der Waals surface area contributed by atoms with E-state index < -0.39 is 24.5 Å². The van der Waals surface area contributed by atoms with Crippen LogP contribution in [0.1, 0.15) is 30.0 Å². The van der Waals surface area contributed by atoms with Crippen LogP contribution in [0.5, 0.6) is 0 Å². The van der Waals surface area contributed by atoms with Gasteiger partial charge in [-0.15, -0.1) is 0 Å². The highest BCUT2D eigenvalue weighted by molar-refractivity contribution is 7.98. The summed E-state index contributed by atoms with van der Waals surface area (Å²) >= 11 is 1.60. The van der Waals surface area contributed by atoms with E-state index in [1.807, 2.05) is 50.4 Å². The first-order chi connectivity index (χ1) is 16.5. The van der Waals surface area contributed by atoms with E-state index in [4.69, 9.17) is 15.0 Å². The summed E-state index contributed by atoms with van der Waals surface area (Å²) in [5.41, 5.74) is 10.4. The molecule has 178 valence electrons. The zero-order valence-corrected chi connectivity index (χ0v) is 19.8. The third kappa shape index (κ3) is 3.96. The minimum absolute atomic E-state index is 0.388. The van der Waals surface area contributed by atoms with Gasteiger partial charge in [-0.2, -0.15) is 11.8 Å². The van der Waals surface area contributed by atoms with Crippen molar-refractivity contribution in [1.29, 1.82) is 0 Å². The van der Waals surface area contributed by atoms with Crippen LogP contribution in [-0.4, -0.2) is 54.0 Å². The molecule has 4 N–H and O–H groups in total. The second kappa shape index (κ2) is 9.38. The lowest BCUT2D eigenvalue weighted by Gasteiger charge is -2.17. The fraction of sp³-hybridized carbons (Fsp3) is 0.375. The lowest BCUT2D eigenvalue weighted by atomic mass is 10.1. The zero-order valence-electron chi connectivity index (χ0n) is 19.0. The quantitative estimate of drug-likeness (QED) is 0.364. The van der Waals surface area contributed by atoms with Gasteiger partial charge in [0.2, 0.25) is 0 Å². The smallest absolute Gasteiger partial charge is 0.171 e. The normalized spacial score (nSPS) is 22.6. The Morgan fingerprint density at radius 1 is 1.15 bits per heavy atom. The first kappa shape index (κ1) is 22.9. The van der Waals surface area contributed by atoms with Crippen molar-refractivity contribution in [1.82, 2.24) is 19.7 Å². The summed E-state index contributed by atoms with van der Waals surface area (Å²) in [4.78, 5) is 8.45. The minimum atomic E-state index is -1.10. The molecule has 1 aliphatic heterocycles. The second-order valence-electron chi connectivity index (χ2n) is 8.38. The Balaban J connectivity index is 1.31. The van der Waals surface area contributed by atoms with Crippen LogP contribution < -0.4 is 5.73 Å². The SMILES string of the molecule is CCc1cn([C@@H]2O[C@H](CSCc3c(C)noc3-c3ccccc3)[C@@H](O)[C@H]2O)c2ncnc(N)c12. The number of benzene rings is 1. The van der Waals surface area contributed by atoms with Crippen molar-refractivity contribution in [3.8, 4) is 11.3 Å². The number of hydrogen-bond donors (Lipinski definition) is 3. The van der Waals surface area contributed by atoms with Gasteiger partial charge in [-0.1, -0.05) is 42.4 Å². The monoisotopic (exact) mass is 481 g/mol. The van der Waals surface area contributed by atoms with Crippen LogP contribution in [-0.2, 0) is 16.9 Å². The molecule has 1 saturated heterocycles. The summed E-state index contributed by atoms with van der Waals surface area (Å²) < 4.78 is 13.5. The number of nitrogens with zero attached hydrogens (tertiary/aromatic N) is 4. The lowest BCUT2D eigenvalue weighted by Crippen LogP contribution is -2.32. The summed E-state index contributed by atoms with van der Waals surface area (Å²) in [5, 5.41) is 26.4. The summed E-state index contributed by atoms with van der Waals surface area (Å²) in [6.07, 6.45) is 0.550. The summed E-state index contributed by atoms with van der Waals surface area (Å²) in [6.45, 7) is 3.94. The summed E-state index contributed by atoms with van der Waals surface area (Å²) in [5.74, 6) is 2.27. The van der Waals surface area contributed by atoms with Gasteiger partial charge in [0.05, 0.1) is 17.2 Å². The van der Waals surface area contributed by atoms with Crippen LogP contribution in [0.25, 0.3) is 22.4 Å². The molecule has 0 radical (unpaired) electrons. The third-order valence-electron chi connectivity index (χ3n) is 6.26. The van der Waals surface area contributed by atoms with Crippen LogP contribution in [0.2, 0.25) is 0 Å². The molecule has 34 heavy (non-hydrogen) atoms. The maximum atomic E-state index is 10.8. The first-order valence-electron chi connectivity index (χ1n) is 11.2. The topological polar surface area (TPSA) is 132 Å². The highest BCUT2D eigenvalue weighted by atomic mass is 32.2. The van der Waals surface area contributed by atoms with Crippen LogP contribution >= 0.6 is 11.8 Å². The molecule has 0 amide bonds. The number of fused-ring (bicyclic) bond motifs is 1. The Kier molecular flexibility index (Phi) is 6.30.